The molecule has 0 atom stereocenters. The van der Waals surface area contributed by atoms with Crippen LogP contribution in [0.5, 0.6) is 0 Å². The highest BCUT2D eigenvalue weighted by atomic mass is 127. The van der Waals surface area contributed by atoms with Gasteiger partial charge in [0.05, 0.1) is 0 Å². The smallest absolute Gasteiger partial charge is 0.319 e. The Bertz CT molecular complexity index is 76.4. The van der Waals surface area contributed by atoms with Crippen molar-refractivity contribution in [2.45, 2.75) is 0 Å². The Labute approximate surface area is 59.5 Å². The Morgan fingerprint density at radius 1 is 1.88 bits per heavy atom. The summed E-state index contributed by atoms with van der Waals surface area (Å²) in [6.45, 7) is -0.275. The molecule has 8 heavy (non-hydrogen) atoms. The van der Waals surface area contributed by atoms with E-state index in [1.807, 2.05) is 5.48 Å². The van der Waals surface area contributed by atoms with Gasteiger partial charge >= 0.3 is 5.97 Å². The molecule has 0 saturated heterocycles. The van der Waals surface area contributed by atoms with Crippen molar-refractivity contribution in [3.8, 4) is 0 Å². The lowest BCUT2D eigenvalue weighted by molar-refractivity contribution is -0.223. The van der Waals surface area contributed by atoms with Crippen molar-refractivity contribution in [2.75, 3.05) is 6.54 Å². The Hall–Kier alpha value is 0.0800. The van der Waals surface area contributed by atoms with Gasteiger partial charge in [-0.1, -0.05) is 0 Å². The molecule has 0 bridgehead atoms. The first-order valence-electron chi connectivity index (χ1n) is 1.66. The van der Waals surface area contributed by atoms with Crippen LogP contribution in [0.15, 0.2) is 0 Å². The minimum Gasteiger partial charge on any atom is -0.480 e. The van der Waals surface area contributed by atoms with E-state index >= 15 is 0 Å². The Kier molecular flexibility index (Phi) is 5.27. The maximum atomic E-state index is 9.67. The van der Waals surface area contributed by atoms with Gasteiger partial charge in [0.25, 0.3) is 0 Å². The largest absolute Gasteiger partial charge is 0.480 e. The fourth-order valence-electron chi connectivity index (χ4n) is 0.113. The number of carboxylic acid groups (broad SMARTS) is 1. The average molecular weight is 233 g/mol. The first kappa shape index (κ1) is 8.08. The van der Waals surface area contributed by atoms with Crippen LogP contribution in [0.4, 0.5) is 0 Å². The third-order valence-corrected chi connectivity index (χ3v) is 0.494. The SMILES string of the molecule is O=C(O)CNOOI. The molecule has 0 aromatic rings. The Balaban J connectivity index is 2.82. The van der Waals surface area contributed by atoms with E-state index < -0.39 is 5.97 Å². The molecule has 0 aromatic heterocycles. The van der Waals surface area contributed by atoms with E-state index in [9.17, 15) is 4.79 Å². The van der Waals surface area contributed by atoms with Crippen LogP contribution in [-0.4, -0.2) is 17.6 Å². The second-order valence-corrected chi connectivity index (χ2v) is 1.22. The molecule has 0 heterocycles. The zero-order chi connectivity index (χ0) is 6.41. The van der Waals surface area contributed by atoms with E-state index in [4.69, 9.17) is 5.11 Å². The topological polar surface area (TPSA) is 67.8 Å². The molecule has 0 spiro atoms. The van der Waals surface area contributed by atoms with Gasteiger partial charge < -0.3 is 5.11 Å². The van der Waals surface area contributed by atoms with Crippen molar-refractivity contribution in [2.24, 2.45) is 0 Å². The van der Waals surface area contributed by atoms with Crippen LogP contribution in [0, 0.1) is 0 Å². The monoisotopic (exact) mass is 233 g/mol. The minimum absolute atomic E-state index is 0.275. The summed E-state index contributed by atoms with van der Waals surface area (Å²) in [5, 5.41) is 7.94. The van der Waals surface area contributed by atoms with Crippen molar-refractivity contribution in [1.29, 1.82) is 0 Å². The van der Waals surface area contributed by atoms with Gasteiger partial charge in [-0.25, -0.2) is 0 Å². The molecule has 0 aliphatic rings. The number of halogens is 1. The second kappa shape index (κ2) is 5.22. The zero-order valence-electron chi connectivity index (χ0n) is 3.76. The predicted octanol–water partition coefficient (Wildman–Crippen LogP) is -0.126. The standard InChI is InChI=1S/C2H4INO4/c3-7-8-4-1-2(5)6/h4H,1H2,(H,5,6). The molecule has 0 aliphatic heterocycles. The van der Waals surface area contributed by atoms with Crippen molar-refractivity contribution in [1.82, 2.24) is 5.48 Å². The highest BCUT2D eigenvalue weighted by Gasteiger charge is 1.92. The molecular formula is C2H4INO4. The quantitative estimate of drug-likeness (QED) is 0.306. The molecule has 6 heteroatoms. The van der Waals surface area contributed by atoms with Gasteiger partial charge in [-0.15, -0.1) is 8.21 Å². The van der Waals surface area contributed by atoms with Gasteiger partial charge in [0.15, 0.2) is 23.0 Å². The van der Waals surface area contributed by atoms with Crippen LogP contribution < -0.4 is 5.48 Å². The lowest BCUT2D eigenvalue weighted by atomic mass is 10.7. The van der Waals surface area contributed by atoms with E-state index in [1.54, 1.807) is 0 Å². The van der Waals surface area contributed by atoms with E-state index in [0.29, 0.717) is 0 Å². The summed E-state index contributed by atoms with van der Waals surface area (Å²) in [6, 6.07) is 0. The van der Waals surface area contributed by atoms with Gasteiger partial charge in [0.1, 0.15) is 6.54 Å². The third kappa shape index (κ3) is 6.08. The number of hydrogen-bond donors (Lipinski definition) is 2. The normalized spacial score (nSPS) is 9.12. The summed E-state index contributed by atoms with van der Waals surface area (Å²) in [5.41, 5.74) is 2.01. The van der Waals surface area contributed by atoms with Gasteiger partial charge in [-0.3, -0.25) is 4.79 Å². The summed E-state index contributed by atoms with van der Waals surface area (Å²) in [4.78, 5) is 13.7. The summed E-state index contributed by atoms with van der Waals surface area (Å²) in [7, 11) is 0. The lowest BCUT2D eigenvalue weighted by Gasteiger charge is -1.93. The fraction of sp³-hybridized carbons (Fsp3) is 0.500. The maximum Gasteiger partial charge on any atom is 0.319 e. The fourth-order valence-corrected chi connectivity index (χ4v) is 0.241. The van der Waals surface area contributed by atoms with Crippen LogP contribution in [-0.2, 0) is 13.0 Å². The molecule has 0 rings (SSSR count). The number of hydroxylamine groups is 1. The zero-order valence-corrected chi connectivity index (χ0v) is 5.91. The number of hydrogen-bond acceptors (Lipinski definition) is 4. The van der Waals surface area contributed by atoms with Gasteiger partial charge in [0, 0.05) is 0 Å². The molecule has 0 aromatic carbocycles. The highest BCUT2D eigenvalue weighted by molar-refractivity contribution is 14.1. The van der Waals surface area contributed by atoms with Crippen molar-refractivity contribution < 1.29 is 18.1 Å². The van der Waals surface area contributed by atoms with Crippen molar-refractivity contribution in [3.63, 3.8) is 0 Å². The molecule has 0 aliphatic carbocycles. The molecule has 0 saturated carbocycles. The van der Waals surface area contributed by atoms with E-state index in [0.717, 1.165) is 0 Å². The van der Waals surface area contributed by atoms with Crippen LogP contribution in [0.1, 0.15) is 0 Å². The van der Waals surface area contributed by atoms with Gasteiger partial charge in [-0.05, 0) is 0 Å². The molecule has 0 fully saturated rings. The van der Waals surface area contributed by atoms with Crippen molar-refractivity contribution >= 4 is 29.0 Å². The second-order valence-electron chi connectivity index (χ2n) is 0.861. The number of carbonyl (C=O) groups is 1. The van der Waals surface area contributed by atoms with Crippen molar-refractivity contribution in [3.05, 3.63) is 0 Å². The minimum atomic E-state index is -1.00. The maximum absolute atomic E-state index is 9.67. The molecule has 2 N–H and O–H groups in total. The third-order valence-electron chi connectivity index (χ3n) is 0.314. The Morgan fingerprint density at radius 2 is 2.50 bits per heavy atom. The average Bonchev–Trinajstić information content (AvgIpc) is 1.66. The predicted molar refractivity (Wildman–Crippen MR) is 31.8 cm³/mol. The number of nitrogens with one attached hydrogen (secondary N) is 1. The van der Waals surface area contributed by atoms with E-state index in [-0.39, 0.29) is 6.54 Å². The van der Waals surface area contributed by atoms with Gasteiger partial charge in [0.2, 0.25) is 0 Å². The van der Waals surface area contributed by atoms with E-state index in [2.05, 4.69) is 8.21 Å². The summed E-state index contributed by atoms with van der Waals surface area (Å²) in [5.74, 6) is -1.00. The van der Waals surface area contributed by atoms with Crippen LogP contribution in [0.25, 0.3) is 0 Å². The summed E-state index contributed by atoms with van der Waals surface area (Å²) >= 11 is 1.46. The van der Waals surface area contributed by atoms with E-state index in [1.165, 1.54) is 23.0 Å². The number of rotatable bonds is 4. The highest BCUT2D eigenvalue weighted by Crippen LogP contribution is 1.80. The lowest BCUT2D eigenvalue weighted by Crippen LogP contribution is -2.21. The molecule has 48 valence electrons. The molecule has 0 unspecified atom stereocenters. The number of aliphatic carboxylic acids is 1. The van der Waals surface area contributed by atoms with Gasteiger partial charge in [-0.2, -0.15) is 5.48 Å². The molecule has 0 amide bonds. The van der Waals surface area contributed by atoms with Crippen LogP contribution >= 0.6 is 23.0 Å². The Morgan fingerprint density at radius 3 is 2.88 bits per heavy atom. The molecule has 5 nitrogen and oxygen atoms in total. The summed E-state index contributed by atoms with van der Waals surface area (Å²) < 4.78 is 3.99. The summed E-state index contributed by atoms with van der Waals surface area (Å²) in [6.07, 6.45) is 0. The first-order valence-corrected chi connectivity index (χ1v) is 2.54. The van der Waals surface area contributed by atoms with Crippen LogP contribution in [0.3, 0.4) is 0 Å². The molecule has 0 radical (unpaired) electrons. The van der Waals surface area contributed by atoms with Crippen LogP contribution in [0.2, 0.25) is 0 Å². The number of carboxylic acids is 1. The first-order chi connectivity index (χ1) is 3.77. The molecular weight excluding hydrogens is 229 g/mol.